The Kier molecular flexibility index (Phi) is 7.33. The van der Waals surface area contributed by atoms with Gasteiger partial charge in [0, 0.05) is 13.4 Å². The van der Waals surface area contributed by atoms with E-state index in [-0.39, 0.29) is 12.5 Å². The third-order valence-electron chi connectivity index (χ3n) is 3.16. The second kappa shape index (κ2) is 9.25. The number of allylic oxidation sites excluding steroid dienone is 1. The highest BCUT2D eigenvalue weighted by Crippen LogP contribution is 2.32. The van der Waals surface area contributed by atoms with Gasteiger partial charge in [0.2, 0.25) is 0 Å². The molecule has 0 atom stereocenters. The van der Waals surface area contributed by atoms with Crippen LogP contribution in [0.25, 0.3) is 5.70 Å². The Morgan fingerprint density at radius 3 is 2.33 bits per heavy atom. The van der Waals surface area contributed by atoms with Crippen molar-refractivity contribution in [1.82, 2.24) is 10.9 Å². The summed E-state index contributed by atoms with van der Waals surface area (Å²) in [6.07, 6.45) is 1.91. The minimum atomic E-state index is -0.170. The van der Waals surface area contributed by atoms with Gasteiger partial charge in [-0.05, 0) is 72.4 Å². The first kappa shape index (κ1) is 19.0. The van der Waals surface area contributed by atoms with Crippen LogP contribution in [0, 0.1) is 0 Å². The molecule has 0 bridgehead atoms. The van der Waals surface area contributed by atoms with E-state index in [1.165, 1.54) is 0 Å². The summed E-state index contributed by atoms with van der Waals surface area (Å²) in [5.41, 5.74) is 8.32. The molecule has 0 aromatic heterocycles. The van der Waals surface area contributed by atoms with Crippen LogP contribution in [0.2, 0.25) is 0 Å². The molecule has 1 amide bonds. The van der Waals surface area contributed by atoms with Gasteiger partial charge >= 0.3 is 0 Å². The van der Waals surface area contributed by atoms with Crippen molar-refractivity contribution in [2.24, 2.45) is 0 Å². The van der Waals surface area contributed by atoms with Crippen LogP contribution >= 0.6 is 47.8 Å². The molecule has 2 aromatic carbocycles. The zero-order chi connectivity index (χ0) is 17.5. The molecule has 0 aliphatic rings. The summed E-state index contributed by atoms with van der Waals surface area (Å²) in [5, 5.41) is 3.09. The van der Waals surface area contributed by atoms with E-state index in [2.05, 4.69) is 64.0 Å². The van der Waals surface area contributed by atoms with E-state index in [0.29, 0.717) is 0 Å². The maximum Gasteiger partial charge on any atom is 0.257 e. The van der Waals surface area contributed by atoms with Crippen LogP contribution in [0.1, 0.15) is 12.5 Å². The Bertz CT molecular complexity index is 748. The molecule has 0 radical (unpaired) electrons. The molecule has 2 aromatic rings. The van der Waals surface area contributed by atoms with Crippen LogP contribution < -0.4 is 16.2 Å². The molecule has 0 heterocycles. The summed E-state index contributed by atoms with van der Waals surface area (Å²) >= 11 is 10.3. The van der Waals surface area contributed by atoms with Crippen molar-refractivity contribution in [3.05, 3.63) is 67.5 Å². The Morgan fingerprint density at radius 1 is 1.00 bits per heavy atom. The average Bonchev–Trinajstić information content (AvgIpc) is 2.58. The smallest absolute Gasteiger partial charge is 0.257 e. The number of amides is 1. The first-order valence-corrected chi connectivity index (χ1v) is 9.54. The summed E-state index contributed by atoms with van der Waals surface area (Å²) in [6.45, 7) is 2.06. The van der Waals surface area contributed by atoms with Crippen molar-refractivity contribution < 1.29 is 4.79 Å². The van der Waals surface area contributed by atoms with Gasteiger partial charge in [0.1, 0.15) is 0 Å². The number of carbonyl (C=O) groups is 1. The minimum absolute atomic E-state index is 0.144. The quantitative estimate of drug-likeness (QED) is 0.370. The van der Waals surface area contributed by atoms with Crippen LogP contribution in [0.5, 0.6) is 0 Å². The lowest BCUT2D eigenvalue weighted by Gasteiger charge is -2.14. The van der Waals surface area contributed by atoms with Crippen LogP contribution in [0.4, 0.5) is 5.69 Å². The summed E-state index contributed by atoms with van der Waals surface area (Å²) in [6, 6.07) is 13.6. The molecule has 24 heavy (non-hydrogen) atoms. The summed E-state index contributed by atoms with van der Waals surface area (Å²) in [4.78, 5) is 12.0. The third-order valence-corrected chi connectivity index (χ3v) is 5.66. The highest BCUT2D eigenvalue weighted by molar-refractivity contribution is 9.13. The maximum atomic E-state index is 12.0. The molecule has 0 aliphatic heterocycles. The zero-order valence-corrected chi connectivity index (χ0v) is 17.6. The van der Waals surface area contributed by atoms with Crippen molar-refractivity contribution in [2.45, 2.75) is 6.92 Å². The lowest BCUT2D eigenvalue weighted by atomic mass is 10.1. The van der Waals surface area contributed by atoms with E-state index >= 15 is 0 Å². The second-order valence-electron chi connectivity index (χ2n) is 4.84. The fourth-order valence-electron chi connectivity index (χ4n) is 1.94. The van der Waals surface area contributed by atoms with Crippen molar-refractivity contribution >= 4 is 65.1 Å². The van der Waals surface area contributed by atoms with Gasteiger partial charge in [-0.15, -0.1) is 0 Å². The molecule has 126 valence electrons. The number of rotatable bonds is 6. The molecule has 0 fully saturated rings. The highest BCUT2D eigenvalue weighted by atomic mass is 79.9. The van der Waals surface area contributed by atoms with Crippen LogP contribution in [0.15, 0.2) is 62.0 Å². The van der Waals surface area contributed by atoms with Gasteiger partial charge in [-0.1, -0.05) is 36.4 Å². The number of hydrogen-bond donors (Lipinski definition) is 3. The van der Waals surface area contributed by atoms with Gasteiger partial charge in [0.05, 0.1) is 17.9 Å². The van der Waals surface area contributed by atoms with Gasteiger partial charge in [-0.2, -0.15) is 0 Å². The summed E-state index contributed by atoms with van der Waals surface area (Å²) in [7, 11) is 0. The van der Waals surface area contributed by atoms with Crippen LogP contribution in [-0.2, 0) is 4.79 Å². The SMILES string of the molecule is CC=C(NNC(=O)CNc1cc(Br)c(Br)cc1Br)c1ccccc1. The first-order chi connectivity index (χ1) is 11.5. The number of nitrogens with one attached hydrogen (secondary N) is 3. The van der Waals surface area contributed by atoms with E-state index in [0.717, 1.165) is 30.4 Å². The third kappa shape index (κ3) is 5.36. The highest BCUT2D eigenvalue weighted by Gasteiger charge is 2.07. The molecule has 7 heteroatoms. The van der Waals surface area contributed by atoms with Gasteiger partial charge < -0.3 is 5.32 Å². The number of anilines is 1. The fourth-order valence-corrected chi connectivity index (χ4v) is 3.42. The number of benzene rings is 2. The molecule has 0 saturated carbocycles. The number of halogens is 3. The Balaban J connectivity index is 1.89. The Morgan fingerprint density at radius 2 is 1.67 bits per heavy atom. The lowest BCUT2D eigenvalue weighted by Crippen LogP contribution is -2.39. The molecule has 4 nitrogen and oxygen atoms in total. The average molecular weight is 518 g/mol. The van der Waals surface area contributed by atoms with E-state index in [1.807, 2.05) is 55.5 Å². The largest absolute Gasteiger partial charge is 0.375 e. The van der Waals surface area contributed by atoms with Gasteiger partial charge in [-0.3, -0.25) is 15.6 Å². The molecular formula is C17H16Br3N3O. The number of hydrazine groups is 1. The topological polar surface area (TPSA) is 53.2 Å². The predicted octanol–water partition coefficient (Wildman–Crippen LogP) is 5.07. The minimum Gasteiger partial charge on any atom is -0.375 e. The maximum absolute atomic E-state index is 12.0. The molecular weight excluding hydrogens is 502 g/mol. The van der Waals surface area contributed by atoms with E-state index in [1.54, 1.807) is 0 Å². The standard InChI is InChI=1S/C17H16Br3N3O/c1-2-15(11-6-4-3-5-7-11)22-23-17(24)10-21-16-9-13(19)12(18)8-14(16)20/h2-9,21-22H,10H2,1H3,(H,23,24). The van der Waals surface area contributed by atoms with Gasteiger partial charge in [0.15, 0.2) is 0 Å². The zero-order valence-electron chi connectivity index (χ0n) is 12.9. The Hall–Kier alpha value is -1.31. The van der Waals surface area contributed by atoms with E-state index < -0.39 is 0 Å². The van der Waals surface area contributed by atoms with E-state index in [9.17, 15) is 4.79 Å². The predicted molar refractivity (Wildman–Crippen MR) is 109 cm³/mol. The van der Waals surface area contributed by atoms with Gasteiger partial charge in [0.25, 0.3) is 5.91 Å². The first-order valence-electron chi connectivity index (χ1n) is 7.16. The molecule has 0 aliphatic carbocycles. The number of carbonyl (C=O) groups excluding carboxylic acids is 1. The second-order valence-corrected chi connectivity index (χ2v) is 7.40. The molecule has 0 unspecified atom stereocenters. The normalized spacial score (nSPS) is 11.1. The van der Waals surface area contributed by atoms with Crippen molar-refractivity contribution in [1.29, 1.82) is 0 Å². The van der Waals surface area contributed by atoms with Crippen LogP contribution in [-0.4, -0.2) is 12.5 Å². The Labute approximate surface area is 166 Å². The number of hydrogen-bond acceptors (Lipinski definition) is 3. The molecule has 2 rings (SSSR count). The summed E-state index contributed by atoms with van der Waals surface area (Å²) < 4.78 is 2.72. The van der Waals surface area contributed by atoms with Crippen molar-refractivity contribution in [3.63, 3.8) is 0 Å². The van der Waals surface area contributed by atoms with Gasteiger partial charge in [-0.25, -0.2) is 0 Å². The molecule has 0 saturated heterocycles. The summed E-state index contributed by atoms with van der Waals surface area (Å²) in [5.74, 6) is -0.170. The monoisotopic (exact) mass is 515 g/mol. The van der Waals surface area contributed by atoms with Crippen LogP contribution in [0.3, 0.4) is 0 Å². The van der Waals surface area contributed by atoms with Crippen molar-refractivity contribution in [2.75, 3.05) is 11.9 Å². The molecule has 0 spiro atoms. The fraction of sp³-hybridized carbons (Fsp3) is 0.118. The lowest BCUT2D eigenvalue weighted by molar-refractivity contribution is -0.120. The van der Waals surface area contributed by atoms with E-state index in [4.69, 9.17) is 0 Å². The van der Waals surface area contributed by atoms with Crippen molar-refractivity contribution in [3.8, 4) is 0 Å². The molecule has 3 N–H and O–H groups in total.